The molecule has 2 unspecified atom stereocenters. The first kappa shape index (κ1) is 22.5. The highest BCUT2D eigenvalue weighted by Crippen LogP contribution is 2.23. The maximum Gasteiger partial charge on any atom is 0.338 e. The molecule has 1 fully saturated rings. The van der Waals surface area contributed by atoms with Gasteiger partial charge in [0.1, 0.15) is 12.0 Å². The molecule has 6 heteroatoms. The summed E-state index contributed by atoms with van der Waals surface area (Å²) in [6, 6.07) is 8.90. The number of nitrogens with zero attached hydrogens (tertiary/aromatic N) is 1. The van der Waals surface area contributed by atoms with Crippen LogP contribution in [0.3, 0.4) is 0 Å². The Morgan fingerprint density at radius 1 is 1.15 bits per heavy atom. The van der Waals surface area contributed by atoms with E-state index in [1.165, 1.54) is 12.8 Å². The Labute approximate surface area is 162 Å². The number of halogens is 1. The zero-order valence-corrected chi connectivity index (χ0v) is 16.5. The maximum absolute atomic E-state index is 12.4. The molecule has 0 N–H and O–H groups in total. The summed E-state index contributed by atoms with van der Waals surface area (Å²) in [6.45, 7) is 6.72. The molecule has 0 aliphatic carbocycles. The molecule has 0 radical (unpaired) electrons. The van der Waals surface area contributed by atoms with E-state index in [-0.39, 0.29) is 24.3 Å². The molecule has 1 aromatic rings. The number of carbonyl (C=O) groups excluding carboxylic acids is 2. The van der Waals surface area contributed by atoms with Gasteiger partial charge in [-0.1, -0.05) is 38.0 Å². The summed E-state index contributed by atoms with van der Waals surface area (Å²) >= 11 is 0. The largest absolute Gasteiger partial charge is 0.466 e. The van der Waals surface area contributed by atoms with Gasteiger partial charge in [0.05, 0.1) is 12.2 Å². The van der Waals surface area contributed by atoms with Crippen molar-refractivity contribution in [3.8, 4) is 0 Å². The van der Waals surface area contributed by atoms with E-state index >= 15 is 0 Å². The Hall–Kier alpha value is -1.59. The molecular formula is C20H30ClNO4. The lowest BCUT2D eigenvalue weighted by molar-refractivity contribution is -0.155. The first-order valence-corrected chi connectivity index (χ1v) is 9.30. The highest BCUT2D eigenvalue weighted by molar-refractivity contribution is 5.89. The van der Waals surface area contributed by atoms with Crippen LogP contribution in [0.25, 0.3) is 0 Å². The van der Waals surface area contributed by atoms with Crippen LogP contribution in [-0.2, 0) is 14.3 Å². The van der Waals surface area contributed by atoms with Crippen LogP contribution < -0.4 is 0 Å². The van der Waals surface area contributed by atoms with E-state index in [2.05, 4.69) is 11.8 Å². The van der Waals surface area contributed by atoms with E-state index in [1.54, 1.807) is 31.2 Å². The first-order valence-electron chi connectivity index (χ1n) is 9.30. The van der Waals surface area contributed by atoms with E-state index in [0.717, 1.165) is 19.5 Å². The van der Waals surface area contributed by atoms with Gasteiger partial charge in [-0.2, -0.15) is 0 Å². The minimum atomic E-state index is -0.422. The number of likely N-dealkylation sites (tertiary alicyclic amines) is 1. The van der Waals surface area contributed by atoms with Crippen LogP contribution in [0.4, 0.5) is 0 Å². The van der Waals surface area contributed by atoms with Crippen molar-refractivity contribution in [2.24, 2.45) is 5.92 Å². The topological polar surface area (TPSA) is 55.8 Å². The quantitative estimate of drug-likeness (QED) is 0.506. The summed E-state index contributed by atoms with van der Waals surface area (Å²) in [5, 5.41) is 0. The second-order valence-corrected chi connectivity index (χ2v) is 6.46. The normalized spacial score (nSPS) is 20.1. The van der Waals surface area contributed by atoms with Crippen molar-refractivity contribution < 1.29 is 19.1 Å². The van der Waals surface area contributed by atoms with Crippen LogP contribution >= 0.6 is 12.4 Å². The number of carbonyl (C=O) groups is 2. The van der Waals surface area contributed by atoms with E-state index < -0.39 is 12.0 Å². The highest BCUT2D eigenvalue weighted by atomic mass is 35.5. The lowest BCUT2D eigenvalue weighted by atomic mass is 9.94. The summed E-state index contributed by atoms with van der Waals surface area (Å²) in [4.78, 5) is 27.0. The molecule has 2 atom stereocenters. The fraction of sp³-hybridized carbons (Fsp3) is 0.600. The number of piperidine rings is 1. The molecular weight excluding hydrogens is 354 g/mol. The number of esters is 2. The van der Waals surface area contributed by atoms with Crippen molar-refractivity contribution >= 4 is 24.3 Å². The van der Waals surface area contributed by atoms with Gasteiger partial charge < -0.3 is 14.4 Å². The minimum Gasteiger partial charge on any atom is -0.466 e. The van der Waals surface area contributed by atoms with Crippen molar-refractivity contribution in [1.29, 1.82) is 0 Å². The fourth-order valence-electron chi connectivity index (χ4n) is 3.18. The summed E-state index contributed by atoms with van der Waals surface area (Å²) in [5.41, 5.74) is 0.510. The van der Waals surface area contributed by atoms with Gasteiger partial charge in [0, 0.05) is 13.1 Å². The Balaban J connectivity index is 0.00000338. The molecule has 1 heterocycles. The lowest BCUT2D eigenvalue weighted by Gasteiger charge is -2.36. The third-order valence-electron chi connectivity index (χ3n) is 4.57. The highest BCUT2D eigenvalue weighted by Gasteiger charge is 2.37. The van der Waals surface area contributed by atoms with E-state index in [4.69, 9.17) is 9.47 Å². The summed E-state index contributed by atoms with van der Waals surface area (Å²) in [5.74, 6) is -1.06. The Bertz CT molecular complexity index is 552. The monoisotopic (exact) mass is 383 g/mol. The van der Waals surface area contributed by atoms with Gasteiger partial charge in [-0.25, -0.2) is 4.79 Å². The molecule has 1 aliphatic rings. The first-order chi connectivity index (χ1) is 12.2. The van der Waals surface area contributed by atoms with Crippen LogP contribution in [0, 0.1) is 5.92 Å². The number of ether oxygens (including phenoxy) is 2. The number of hydrogen-bond donors (Lipinski definition) is 0. The SMILES string of the molecule is CCCCCN1CCC(OC(=O)c2ccccc2)C(C(=O)OCC)C1.Cl. The molecule has 1 aliphatic heterocycles. The summed E-state index contributed by atoms with van der Waals surface area (Å²) < 4.78 is 10.9. The summed E-state index contributed by atoms with van der Waals surface area (Å²) in [6.07, 6.45) is 3.72. The zero-order valence-electron chi connectivity index (χ0n) is 15.7. The molecule has 0 saturated carbocycles. The van der Waals surface area contributed by atoms with Gasteiger partial charge in [-0.05, 0) is 38.4 Å². The van der Waals surface area contributed by atoms with E-state index in [0.29, 0.717) is 25.1 Å². The predicted molar refractivity (Wildman–Crippen MR) is 104 cm³/mol. The Kier molecular flexibility index (Phi) is 10.3. The third kappa shape index (κ3) is 6.61. The molecule has 0 aromatic heterocycles. The van der Waals surface area contributed by atoms with Gasteiger partial charge in [0.2, 0.25) is 0 Å². The van der Waals surface area contributed by atoms with Crippen LogP contribution in [0.1, 0.15) is 49.9 Å². The van der Waals surface area contributed by atoms with Gasteiger partial charge in [-0.3, -0.25) is 4.79 Å². The van der Waals surface area contributed by atoms with Gasteiger partial charge in [0.25, 0.3) is 0 Å². The zero-order chi connectivity index (χ0) is 18.1. The molecule has 5 nitrogen and oxygen atoms in total. The second-order valence-electron chi connectivity index (χ2n) is 6.46. The molecule has 2 rings (SSSR count). The van der Waals surface area contributed by atoms with Crippen LogP contribution in [0.5, 0.6) is 0 Å². The van der Waals surface area contributed by atoms with Gasteiger partial charge in [-0.15, -0.1) is 12.4 Å². The lowest BCUT2D eigenvalue weighted by Crippen LogP contribution is -2.49. The Morgan fingerprint density at radius 3 is 2.54 bits per heavy atom. The fourth-order valence-corrected chi connectivity index (χ4v) is 3.18. The minimum absolute atomic E-state index is 0. The number of benzene rings is 1. The molecule has 0 bridgehead atoms. The summed E-state index contributed by atoms with van der Waals surface area (Å²) in [7, 11) is 0. The van der Waals surface area contributed by atoms with Crippen LogP contribution in [0.2, 0.25) is 0 Å². The van der Waals surface area contributed by atoms with Crippen molar-refractivity contribution in [1.82, 2.24) is 4.90 Å². The molecule has 1 saturated heterocycles. The van der Waals surface area contributed by atoms with Crippen molar-refractivity contribution in [3.05, 3.63) is 35.9 Å². The average Bonchev–Trinajstić information content (AvgIpc) is 2.64. The second kappa shape index (κ2) is 11.9. The van der Waals surface area contributed by atoms with Gasteiger partial charge in [0.15, 0.2) is 0 Å². The number of unbranched alkanes of at least 4 members (excludes halogenated alkanes) is 2. The Morgan fingerprint density at radius 2 is 1.88 bits per heavy atom. The van der Waals surface area contributed by atoms with Crippen molar-refractivity contribution in [2.75, 3.05) is 26.2 Å². The van der Waals surface area contributed by atoms with Crippen molar-refractivity contribution in [3.63, 3.8) is 0 Å². The number of hydrogen-bond acceptors (Lipinski definition) is 5. The maximum atomic E-state index is 12.4. The molecule has 146 valence electrons. The number of rotatable bonds is 8. The molecule has 26 heavy (non-hydrogen) atoms. The van der Waals surface area contributed by atoms with Crippen LogP contribution in [0.15, 0.2) is 30.3 Å². The predicted octanol–water partition coefficient (Wildman–Crippen LogP) is 3.71. The third-order valence-corrected chi connectivity index (χ3v) is 4.57. The standard InChI is InChI=1S/C20H29NO4.ClH/c1-3-5-9-13-21-14-12-18(17(15-21)20(23)24-4-2)25-19(22)16-10-7-6-8-11-16;/h6-8,10-11,17-18H,3-5,9,12-15H2,1-2H3;1H. The van der Waals surface area contributed by atoms with E-state index in [1.807, 2.05) is 6.07 Å². The molecule has 0 amide bonds. The average molecular weight is 384 g/mol. The van der Waals surface area contributed by atoms with Gasteiger partial charge >= 0.3 is 11.9 Å². The molecule has 0 spiro atoms. The molecule has 1 aromatic carbocycles. The van der Waals surface area contributed by atoms with Crippen molar-refractivity contribution in [2.45, 2.75) is 45.6 Å². The smallest absolute Gasteiger partial charge is 0.338 e. The van der Waals surface area contributed by atoms with Crippen LogP contribution in [-0.4, -0.2) is 49.2 Å². The van der Waals surface area contributed by atoms with E-state index in [9.17, 15) is 9.59 Å².